The first-order chi connectivity index (χ1) is 48.4. The van der Waals surface area contributed by atoms with E-state index in [4.69, 9.17) is 2.81 Å². The fraction of sp³-hybridized carbons (Fsp3) is 0.786. The predicted octanol–water partition coefficient (Wildman–Crippen LogP) is 25.7. The molecule has 0 aromatic heterocycles. The Morgan fingerprint density at radius 1 is 0.230 bits per heavy atom. The summed E-state index contributed by atoms with van der Waals surface area (Å²) in [5, 5.41) is 0. The second-order valence-electron chi connectivity index (χ2n) is 28.6. The average molecular weight is 1520 g/mol. The summed E-state index contributed by atoms with van der Waals surface area (Å²) in [6.07, 6.45) is 59.0. The normalized spacial score (nSPS) is 11.5. The van der Waals surface area contributed by atoms with Gasteiger partial charge in [-0.25, -0.2) is 16.8 Å². The molecule has 0 heterocycles. The maximum absolute atomic E-state index is 13.8. The zero-order valence-corrected chi connectivity index (χ0v) is 68.5. The molecule has 0 aliphatic rings. The topological polar surface area (TPSA) is 234 Å². The van der Waals surface area contributed by atoms with E-state index >= 15 is 0 Å². The van der Waals surface area contributed by atoms with Crippen LogP contribution in [0.15, 0.2) is 34.1 Å². The van der Waals surface area contributed by atoms with Crippen LogP contribution in [0.4, 0.5) is 0 Å². The summed E-state index contributed by atoms with van der Waals surface area (Å²) in [5.41, 5.74) is -0.731. The maximum atomic E-state index is 13.8. The first-order valence-electron chi connectivity index (χ1n) is 41.0. The third-order valence-electron chi connectivity index (χ3n) is 19.6. The molecule has 0 spiro atoms. The quantitative estimate of drug-likeness (QED) is 0.0341. The van der Waals surface area contributed by atoms with Crippen molar-refractivity contribution < 1.29 is 82.2 Å². The summed E-state index contributed by atoms with van der Waals surface area (Å²) in [6.45, 7) is 13.2. The molecule has 2 aromatic rings. The zero-order valence-electron chi connectivity index (χ0n) is 64.4. The number of carbonyl (C=O) groups is 6. The second-order valence-corrected chi connectivity index (χ2v) is 31.3. The fourth-order valence-electron chi connectivity index (χ4n) is 13.5. The Kier molecular flexibility index (Phi) is 63.5. The van der Waals surface area contributed by atoms with Crippen LogP contribution in [0.5, 0.6) is 0 Å². The summed E-state index contributed by atoms with van der Waals surface area (Å²) < 4.78 is 82.8. The molecule has 0 radical (unpaired) electrons. The van der Waals surface area contributed by atoms with Crippen molar-refractivity contribution in [3.05, 3.63) is 57.6 Å². The second kappa shape index (κ2) is 65.5. The van der Waals surface area contributed by atoms with Crippen LogP contribution >= 0.6 is 0 Å². The van der Waals surface area contributed by atoms with Crippen molar-refractivity contribution in [1.29, 1.82) is 0 Å². The van der Waals surface area contributed by atoms with E-state index < -0.39 is 53.2 Å². The van der Waals surface area contributed by atoms with Crippen LogP contribution in [-0.4, -0.2) is 60.6 Å². The van der Waals surface area contributed by atoms with Crippen molar-refractivity contribution in [3.63, 3.8) is 0 Å². The van der Waals surface area contributed by atoms with E-state index in [1.165, 1.54) is 192 Å². The summed E-state index contributed by atoms with van der Waals surface area (Å²) in [7, 11) is -10.1. The van der Waals surface area contributed by atoms with E-state index in [2.05, 4.69) is 41.5 Å². The van der Waals surface area contributed by atoms with Crippen LogP contribution in [0.25, 0.3) is 0 Å². The summed E-state index contributed by atoms with van der Waals surface area (Å²) >= 11 is 0.300. The zero-order chi connectivity index (χ0) is 74.3. The van der Waals surface area contributed by atoms with Crippen LogP contribution in [-0.2, 0) is 47.8 Å². The van der Waals surface area contributed by atoms with Crippen molar-refractivity contribution in [1.82, 2.24) is 0 Å². The SMILES string of the molecule is CCCCCCCCCCCC(=O)c1ccc(S(=O)(=O)[O-])c(C(=O)CCCCCCCCCCC)c1C(=O)CCCCCCCCCCC.CCCCCCCCCCCC(=O)c1ccc(S(=O)(=O)[O-])c(C(=O)CCCCCCCCCCC)c1C(=O)CCCCCCCCCCC.[O]=[Zr+2]. The van der Waals surface area contributed by atoms with E-state index in [0.717, 1.165) is 141 Å². The fourth-order valence-corrected chi connectivity index (χ4v) is 14.9. The van der Waals surface area contributed by atoms with E-state index in [9.17, 15) is 54.7 Å². The van der Waals surface area contributed by atoms with Crippen LogP contribution < -0.4 is 0 Å². The van der Waals surface area contributed by atoms with Crippen LogP contribution in [0.3, 0.4) is 0 Å². The standard InChI is InChI=1S/2C42H72O6S.O.Zr/c2*1-4-7-10-13-16-19-22-25-28-31-37(43)36-34-35-40(49(46,47)48)42(39(45)33-30-27-24-21-18-15-12-9-6-3)41(36)38(44)32-29-26-23-20-17-14-11-8-5-2;;/h2*34-35H,4-33H2,1-3H3,(H,46,47,48);;/q;;;+2/p-2. The van der Waals surface area contributed by atoms with Crippen molar-refractivity contribution in [3.8, 4) is 0 Å². The first kappa shape index (κ1) is 97.0. The molecule has 572 valence electrons. The third-order valence-corrected chi connectivity index (χ3v) is 21.4. The molecule has 0 aliphatic heterocycles. The Hall–Kier alpha value is -3.04. The minimum atomic E-state index is -5.04. The van der Waals surface area contributed by atoms with Gasteiger partial charge in [-0.3, -0.25) is 28.8 Å². The van der Waals surface area contributed by atoms with Gasteiger partial charge in [-0.15, -0.1) is 0 Å². The molecular weight excluding hydrogens is 1370 g/mol. The molecular formula is C84H142O13S2Zr. The Labute approximate surface area is 627 Å². The van der Waals surface area contributed by atoms with Gasteiger partial charge in [-0.2, -0.15) is 0 Å². The van der Waals surface area contributed by atoms with Gasteiger partial charge in [-0.1, -0.05) is 350 Å². The van der Waals surface area contributed by atoms with E-state index in [1.807, 2.05) is 0 Å². The molecule has 0 aliphatic carbocycles. The van der Waals surface area contributed by atoms with Gasteiger partial charge >= 0.3 is 27.5 Å². The van der Waals surface area contributed by atoms with Gasteiger partial charge in [0, 0.05) is 71.9 Å². The van der Waals surface area contributed by atoms with Crippen molar-refractivity contribution in [2.45, 2.75) is 437 Å². The number of unbranched alkanes of at least 4 members (excludes halogenated alkanes) is 48. The van der Waals surface area contributed by atoms with Crippen molar-refractivity contribution >= 4 is 54.9 Å². The number of rotatable bonds is 68. The molecule has 0 atom stereocenters. The molecule has 100 heavy (non-hydrogen) atoms. The monoisotopic (exact) mass is 1510 g/mol. The molecule has 2 rings (SSSR count). The van der Waals surface area contributed by atoms with E-state index in [1.54, 1.807) is 0 Å². The Balaban J connectivity index is 0.00000191. The number of ketones is 6. The number of hydrogen-bond donors (Lipinski definition) is 0. The Bertz CT molecular complexity index is 2520. The molecule has 16 heteroatoms. The van der Waals surface area contributed by atoms with Gasteiger partial charge in [0.15, 0.2) is 34.7 Å². The molecule has 0 unspecified atom stereocenters. The molecule has 0 saturated heterocycles. The van der Waals surface area contributed by atoms with E-state index in [0.29, 0.717) is 63.2 Å². The van der Waals surface area contributed by atoms with Crippen LogP contribution in [0, 0.1) is 0 Å². The summed E-state index contributed by atoms with van der Waals surface area (Å²) in [6, 6.07) is 4.79. The molecule has 2 aromatic carbocycles. The van der Waals surface area contributed by atoms with Gasteiger partial charge in [0.1, 0.15) is 20.2 Å². The number of hydrogen-bond acceptors (Lipinski definition) is 13. The van der Waals surface area contributed by atoms with Crippen molar-refractivity contribution in [2.24, 2.45) is 0 Å². The predicted molar refractivity (Wildman–Crippen MR) is 407 cm³/mol. The first-order valence-corrected chi connectivity index (χ1v) is 44.8. The third kappa shape index (κ3) is 47.4. The van der Waals surface area contributed by atoms with Gasteiger partial charge in [0.25, 0.3) is 0 Å². The van der Waals surface area contributed by atoms with Gasteiger partial charge in [0.2, 0.25) is 0 Å². The number of carbonyl (C=O) groups excluding carboxylic acids is 6. The van der Waals surface area contributed by atoms with E-state index in [-0.39, 0.29) is 83.5 Å². The summed E-state index contributed by atoms with van der Waals surface area (Å²) in [4.78, 5) is 80.9. The molecule has 0 fully saturated rings. The number of benzene rings is 2. The average Bonchev–Trinajstić information content (AvgIpc) is 0.776. The molecule has 0 bridgehead atoms. The molecule has 13 nitrogen and oxygen atoms in total. The Morgan fingerprint density at radius 3 is 0.530 bits per heavy atom. The van der Waals surface area contributed by atoms with Gasteiger partial charge < -0.3 is 9.11 Å². The Morgan fingerprint density at radius 2 is 0.370 bits per heavy atom. The van der Waals surface area contributed by atoms with Crippen LogP contribution in [0.1, 0.15) is 489 Å². The van der Waals surface area contributed by atoms with Gasteiger partial charge in [0.05, 0.1) is 9.79 Å². The van der Waals surface area contributed by atoms with Gasteiger partial charge in [-0.05, 0) is 62.8 Å². The molecule has 0 amide bonds. The molecule has 0 saturated carbocycles. The van der Waals surface area contributed by atoms with Crippen LogP contribution in [0.2, 0.25) is 0 Å². The minimum absolute atomic E-state index is 0.0482. The molecule has 0 N–H and O–H groups in total. The van der Waals surface area contributed by atoms with Crippen molar-refractivity contribution in [2.75, 3.05) is 0 Å². The number of Topliss-reactive ketones (excluding diaryl/α,β-unsaturated/α-hetero) is 6. The summed E-state index contributed by atoms with van der Waals surface area (Å²) in [5.74, 6) is -2.37.